The van der Waals surface area contributed by atoms with Gasteiger partial charge in [0.15, 0.2) is 6.23 Å². The van der Waals surface area contributed by atoms with E-state index in [2.05, 4.69) is 20.8 Å². The van der Waals surface area contributed by atoms with Crippen molar-refractivity contribution in [2.75, 3.05) is 5.32 Å². The minimum Gasteiger partial charge on any atom is -0.508 e. The lowest BCUT2D eigenvalue weighted by Gasteiger charge is -2.16. The van der Waals surface area contributed by atoms with Crippen LogP contribution >= 0.6 is 0 Å². The minimum absolute atomic E-state index is 0.157. The first-order valence-electron chi connectivity index (χ1n) is 7.06. The van der Waals surface area contributed by atoms with Crippen molar-refractivity contribution in [3.05, 3.63) is 48.7 Å². The number of nitrogens with one attached hydrogen (secondary N) is 3. The molecule has 2 aromatic carbocycles. The molecule has 3 rings (SSSR count). The number of aromatic nitrogens is 2. The number of fused-ring (bicyclic) bond motifs is 1. The highest BCUT2D eigenvalue weighted by molar-refractivity contribution is 5.92. The van der Waals surface area contributed by atoms with Crippen LogP contribution in [-0.4, -0.2) is 27.6 Å². The van der Waals surface area contributed by atoms with Crippen LogP contribution in [0.15, 0.2) is 48.7 Å². The van der Waals surface area contributed by atoms with Gasteiger partial charge in [0.25, 0.3) is 0 Å². The fraction of sp³-hybridized carbons (Fsp3) is 0.125. The summed E-state index contributed by atoms with van der Waals surface area (Å²) >= 11 is 0. The van der Waals surface area contributed by atoms with Gasteiger partial charge in [0.2, 0.25) is 0 Å². The maximum atomic E-state index is 12.0. The number of phenolic OH excluding ortho intramolecular Hbond substituents is 1. The highest BCUT2D eigenvalue weighted by Gasteiger charge is 2.09. The summed E-state index contributed by atoms with van der Waals surface area (Å²) in [4.78, 5) is 12.0. The second-order valence-corrected chi connectivity index (χ2v) is 5.02. The molecule has 0 radical (unpaired) electrons. The van der Waals surface area contributed by atoms with Crippen molar-refractivity contribution in [1.29, 1.82) is 0 Å². The molecule has 0 fully saturated rings. The zero-order valence-electron chi connectivity index (χ0n) is 12.4. The predicted molar refractivity (Wildman–Crippen MR) is 86.4 cm³/mol. The lowest BCUT2D eigenvalue weighted by atomic mass is 10.2. The molecule has 0 spiro atoms. The SMILES string of the molecule is CC(NC(=O)Nc1ccc2cn[nH]c2c1)Oc1ccc(O)cc1. The van der Waals surface area contributed by atoms with Crippen molar-refractivity contribution in [2.24, 2.45) is 0 Å². The molecule has 7 nitrogen and oxygen atoms in total. The molecule has 3 aromatic rings. The Hall–Kier alpha value is -3.22. The van der Waals surface area contributed by atoms with Crippen LogP contribution in [0.5, 0.6) is 11.5 Å². The number of phenols is 1. The monoisotopic (exact) mass is 312 g/mol. The number of aromatic amines is 1. The van der Waals surface area contributed by atoms with Gasteiger partial charge in [-0.15, -0.1) is 0 Å². The second kappa shape index (κ2) is 6.27. The highest BCUT2D eigenvalue weighted by atomic mass is 16.5. The number of amides is 2. The topological polar surface area (TPSA) is 99.3 Å². The third-order valence-electron chi connectivity index (χ3n) is 3.18. The van der Waals surface area contributed by atoms with E-state index in [4.69, 9.17) is 4.74 Å². The van der Waals surface area contributed by atoms with Gasteiger partial charge in [-0.3, -0.25) is 5.10 Å². The van der Waals surface area contributed by atoms with E-state index in [9.17, 15) is 9.90 Å². The van der Waals surface area contributed by atoms with E-state index in [-0.39, 0.29) is 11.8 Å². The van der Waals surface area contributed by atoms with E-state index in [0.717, 1.165) is 10.9 Å². The van der Waals surface area contributed by atoms with Gasteiger partial charge in [-0.25, -0.2) is 4.79 Å². The summed E-state index contributed by atoms with van der Waals surface area (Å²) in [5.74, 6) is 0.708. The Labute approximate surface area is 132 Å². The molecule has 118 valence electrons. The molecule has 7 heteroatoms. The maximum Gasteiger partial charge on any atom is 0.322 e. The molecule has 1 unspecified atom stereocenters. The zero-order chi connectivity index (χ0) is 16.2. The van der Waals surface area contributed by atoms with Gasteiger partial charge in [-0.1, -0.05) is 0 Å². The van der Waals surface area contributed by atoms with E-state index in [0.29, 0.717) is 11.4 Å². The summed E-state index contributed by atoms with van der Waals surface area (Å²) in [5, 5.41) is 22.4. The first-order chi connectivity index (χ1) is 11.1. The molecule has 4 N–H and O–H groups in total. The minimum atomic E-state index is -0.532. The molecule has 0 saturated carbocycles. The number of carbonyl (C=O) groups excluding carboxylic acids is 1. The number of hydrogen-bond donors (Lipinski definition) is 4. The standard InChI is InChI=1S/C16H16N4O3/c1-10(23-14-6-4-13(21)5-7-14)18-16(22)19-12-3-2-11-9-17-20-15(11)8-12/h2-10,21H,1H3,(H,17,20)(H2,18,19,22). The number of urea groups is 1. The number of rotatable bonds is 4. The summed E-state index contributed by atoms with van der Waals surface area (Å²) in [6.07, 6.45) is 1.18. The van der Waals surface area contributed by atoms with Gasteiger partial charge in [-0.05, 0) is 49.4 Å². The van der Waals surface area contributed by atoms with Gasteiger partial charge in [0.1, 0.15) is 11.5 Å². The van der Waals surface area contributed by atoms with Gasteiger partial charge in [0, 0.05) is 11.1 Å². The molecule has 1 aromatic heterocycles. The van der Waals surface area contributed by atoms with Crippen LogP contribution in [0.25, 0.3) is 10.9 Å². The molecule has 2 amide bonds. The Morgan fingerprint density at radius 2 is 2.04 bits per heavy atom. The molecule has 23 heavy (non-hydrogen) atoms. The van der Waals surface area contributed by atoms with Crippen LogP contribution in [0.4, 0.5) is 10.5 Å². The predicted octanol–water partition coefficient (Wildman–Crippen LogP) is 2.82. The second-order valence-electron chi connectivity index (χ2n) is 5.02. The van der Waals surface area contributed by atoms with Crippen molar-refractivity contribution < 1.29 is 14.6 Å². The zero-order valence-corrected chi connectivity index (χ0v) is 12.4. The Bertz CT molecular complexity index is 814. The molecule has 1 heterocycles. The lowest BCUT2D eigenvalue weighted by molar-refractivity contribution is 0.183. The van der Waals surface area contributed by atoms with Crippen LogP contribution in [0.3, 0.4) is 0 Å². The van der Waals surface area contributed by atoms with Crippen LogP contribution in [0, 0.1) is 0 Å². The largest absolute Gasteiger partial charge is 0.508 e. The summed E-state index contributed by atoms with van der Waals surface area (Å²) in [5.41, 5.74) is 1.49. The van der Waals surface area contributed by atoms with Gasteiger partial charge in [0.05, 0.1) is 11.7 Å². The Morgan fingerprint density at radius 1 is 1.26 bits per heavy atom. The summed E-state index contributed by atoms with van der Waals surface area (Å²) in [6.45, 7) is 1.71. The quantitative estimate of drug-likeness (QED) is 0.557. The first-order valence-corrected chi connectivity index (χ1v) is 7.06. The normalized spacial score (nSPS) is 11.9. The maximum absolute atomic E-state index is 12.0. The highest BCUT2D eigenvalue weighted by Crippen LogP contribution is 2.18. The third kappa shape index (κ3) is 3.70. The average molecular weight is 312 g/mol. The van der Waals surface area contributed by atoms with Crippen LogP contribution in [-0.2, 0) is 0 Å². The smallest absolute Gasteiger partial charge is 0.322 e. The van der Waals surface area contributed by atoms with Crippen molar-refractivity contribution in [3.63, 3.8) is 0 Å². The number of benzene rings is 2. The Kier molecular flexibility index (Phi) is 4.01. The molecule has 1 atom stereocenters. The molecule has 0 bridgehead atoms. The average Bonchev–Trinajstić information content (AvgIpc) is 2.97. The van der Waals surface area contributed by atoms with E-state index in [1.54, 1.807) is 37.4 Å². The fourth-order valence-corrected chi connectivity index (χ4v) is 2.12. The summed E-state index contributed by atoms with van der Waals surface area (Å²) in [6, 6.07) is 11.4. The number of ether oxygens (including phenoxy) is 1. The number of anilines is 1. The van der Waals surface area contributed by atoms with E-state index < -0.39 is 6.23 Å². The summed E-state index contributed by atoms with van der Waals surface area (Å²) < 4.78 is 5.54. The van der Waals surface area contributed by atoms with Crippen molar-refractivity contribution in [2.45, 2.75) is 13.2 Å². The lowest BCUT2D eigenvalue weighted by Crippen LogP contribution is -2.39. The molecule has 0 aliphatic heterocycles. The molecule has 0 aliphatic carbocycles. The molecular formula is C16H16N4O3. The number of nitrogens with zero attached hydrogens (tertiary/aromatic N) is 1. The number of aromatic hydroxyl groups is 1. The summed E-state index contributed by atoms with van der Waals surface area (Å²) in [7, 11) is 0. The molecular weight excluding hydrogens is 296 g/mol. The van der Waals surface area contributed by atoms with E-state index >= 15 is 0 Å². The van der Waals surface area contributed by atoms with E-state index in [1.807, 2.05) is 6.07 Å². The fourth-order valence-electron chi connectivity index (χ4n) is 2.12. The van der Waals surface area contributed by atoms with Crippen LogP contribution in [0.2, 0.25) is 0 Å². The molecule has 0 aliphatic rings. The Balaban J connectivity index is 1.56. The number of H-pyrrole nitrogens is 1. The van der Waals surface area contributed by atoms with Crippen LogP contribution < -0.4 is 15.4 Å². The van der Waals surface area contributed by atoms with Crippen molar-refractivity contribution >= 4 is 22.6 Å². The van der Waals surface area contributed by atoms with Gasteiger partial charge in [-0.2, -0.15) is 5.10 Å². The van der Waals surface area contributed by atoms with Crippen molar-refractivity contribution in [3.8, 4) is 11.5 Å². The van der Waals surface area contributed by atoms with Crippen molar-refractivity contribution in [1.82, 2.24) is 15.5 Å². The van der Waals surface area contributed by atoms with Gasteiger partial charge >= 0.3 is 6.03 Å². The number of hydrogen-bond acceptors (Lipinski definition) is 4. The third-order valence-corrected chi connectivity index (χ3v) is 3.18. The molecule has 0 saturated heterocycles. The van der Waals surface area contributed by atoms with Crippen LogP contribution in [0.1, 0.15) is 6.92 Å². The van der Waals surface area contributed by atoms with E-state index in [1.165, 1.54) is 12.1 Å². The van der Waals surface area contributed by atoms with Gasteiger partial charge < -0.3 is 20.5 Å². The first kappa shape index (κ1) is 14.7. The Morgan fingerprint density at radius 3 is 2.83 bits per heavy atom. The number of carbonyl (C=O) groups is 1.